The van der Waals surface area contributed by atoms with Crippen LogP contribution in [0.1, 0.15) is 30.3 Å². The number of nitrogens with two attached hydrogens (primary N) is 1. The summed E-state index contributed by atoms with van der Waals surface area (Å²) in [6, 6.07) is 14.4. The highest BCUT2D eigenvalue weighted by Gasteiger charge is 2.29. The van der Waals surface area contributed by atoms with Gasteiger partial charge in [0.25, 0.3) is 5.91 Å². The number of methoxy groups -OCH3 is 1. The molecule has 6 rings (SSSR count). The van der Waals surface area contributed by atoms with E-state index in [9.17, 15) is 9.59 Å². The largest absolute Gasteiger partial charge is 0.496 e. The molecule has 0 atom stereocenters. The number of nitrogens with one attached hydrogen (secondary N) is 1. The van der Waals surface area contributed by atoms with Crippen molar-refractivity contribution in [2.45, 2.75) is 12.8 Å². The first-order chi connectivity index (χ1) is 22.0. The summed E-state index contributed by atoms with van der Waals surface area (Å²) in [6.07, 6.45) is 7.14. The van der Waals surface area contributed by atoms with Crippen LogP contribution in [0.5, 0.6) is 11.6 Å². The molecule has 0 fully saturated rings. The van der Waals surface area contributed by atoms with Gasteiger partial charge in [-0.1, -0.05) is 24.3 Å². The molecule has 2 amide bonds. The van der Waals surface area contributed by atoms with Gasteiger partial charge in [0.1, 0.15) is 23.7 Å². The van der Waals surface area contributed by atoms with Crippen LogP contribution in [0.3, 0.4) is 0 Å². The number of aliphatic imine (C=N–C) groups is 1. The molecule has 3 N–H and O–H groups in total. The Balaban J connectivity index is 0.00000417. The van der Waals surface area contributed by atoms with Crippen molar-refractivity contribution in [2.75, 3.05) is 44.8 Å². The number of fused-ring (bicyclic) bond motifs is 2. The summed E-state index contributed by atoms with van der Waals surface area (Å²) in [5, 5.41) is 3.88. The number of halogens is 1. The summed E-state index contributed by atoms with van der Waals surface area (Å²) in [5.41, 5.74) is 3.43. The van der Waals surface area contributed by atoms with Gasteiger partial charge in [0.2, 0.25) is 11.8 Å². The maximum Gasteiger partial charge on any atom is 0.274 e. The first-order valence-corrected chi connectivity index (χ1v) is 14.6. The molecule has 0 aliphatic carbocycles. The van der Waals surface area contributed by atoms with Crippen LogP contribution in [0.4, 0.5) is 10.1 Å². The van der Waals surface area contributed by atoms with Gasteiger partial charge in [-0.05, 0) is 47.9 Å². The van der Waals surface area contributed by atoms with Gasteiger partial charge >= 0.3 is 0 Å². The molecule has 11 nitrogen and oxygen atoms in total. The summed E-state index contributed by atoms with van der Waals surface area (Å²) >= 11 is 0. The predicted molar refractivity (Wildman–Crippen MR) is 174 cm³/mol. The Hall–Kier alpha value is -5.52. The molecule has 2 aromatic heterocycles. The van der Waals surface area contributed by atoms with Crippen LogP contribution < -0.4 is 20.2 Å². The SMILES string of the molecule is COc1ccccc1-c1cc(C2=CCCN(C(=O)CCN=C/C=N\N)C2)c(F)c2[nH]c(C(=O)N3CCOc4ncccc43)cc12.[HH]. The Labute approximate surface area is 260 Å². The molecule has 0 saturated heterocycles. The number of aromatic amines is 1. The highest BCUT2D eigenvalue weighted by molar-refractivity contribution is 6.16. The Kier molecular flexibility index (Phi) is 8.54. The number of para-hydroxylation sites is 1. The number of ether oxygens (including phenoxy) is 2. The number of hydrazone groups is 1. The maximum atomic E-state index is 16.5. The second-order valence-corrected chi connectivity index (χ2v) is 10.5. The van der Waals surface area contributed by atoms with E-state index in [0.29, 0.717) is 72.1 Å². The molecule has 0 bridgehead atoms. The average Bonchev–Trinajstić information content (AvgIpc) is 3.54. The lowest BCUT2D eigenvalue weighted by Gasteiger charge is -2.28. The van der Waals surface area contributed by atoms with Gasteiger partial charge in [0, 0.05) is 56.4 Å². The fraction of sp³-hybridized carbons (Fsp3) is 0.242. The van der Waals surface area contributed by atoms with Gasteiger partial charge in [0.05, 0.1) is 25.4 Å². The Morgan fingerprint density at radius 3 is 2.87 bits per heavy atom. The number of H-pyrrole nitrogens is 1. The molecule has 4 aromatic rings. The lowest BCUT2D eigenvalue weighted by Crippen LogP contribution is -2.38. The van der Waals surface area contributed by atoms with Crippen LogP contribution in [0.25, 0.3) is 27.6 Å². The molecule has 45 heavy (non-hydrogen) atoms. The summed E-state index contributed by atoms with van der Waals surface area (Å²) in [4.78, 5) is 41.6. The zero-order valence-corrected chi connectivity index (χ0v) is 24.7. The normalized spacial score (nSPS) is 14.9. The summed E-state index contributed by atoms with van der Waals surface area (Å²) in [6.45, 7) is 1.67. The molecule has 0 spiro atoms. The minimum atomic E-state index is -0.502. The topological polar surface area (TPSA) is 138 Å². The van der Waals surface area contributed by atoms with Gasteiger partial charge in [-0.15, -0.1) is 0 Å². The number of aromatic nitrogens is 2. The van der Waals surface area contributed by atoms with Crippen LogP contribution >= 0.6 is 0 Å². The van der Waals surface area contributed by atoms with Crippen molar-refractivity contribution < 1.29 is 24.9 Å². The van der Waals surface area contributed by atoms with E-state index in [1.165, 1.54) is 12.4 Å². The number of amides is 2. The van der Waals surface area contributed by atoms with Gasteiger partial charge in [-0.25, -0.2) is 9.37 Å². The highest BCUT2D eigenvalue weighted by Crippen LogP contribution is 2.40. The van der Waals surface area contributed by atoms with E-state index in [0.717, 1.165) is 5.56 Å². The van der Waals surface area contributed by atoms with E-state index in [2.05, 4.69) is 20.1 Å². The van der Waals surface area contributed by atoms with Crippen LogP contribution in [-0.2, 0) is 4.79 Å². The number of hydrogen-bond acceptors (Lipinski definition) is 8. The molecule has 12 heteroatoms. The third-order valence-electron chi connectivity index (χ3n) is 7.88. The van der Waals surface area contributed by atoms with E-state index in [1.54, 1.807) is 47.4 Å². The number of carbonyl (C=O) groups is 2. The third kappa shape index (κ3) is 5.86. The third-order valence-corrected chi connectivity index (χ3v) is 7.88. The van der Waals surface area contributed by atoms with Crippen molar-refractivity contribution in [1.29, 1.82) is 0 Å². The molecular formula is C33H34FN7O4. The van der Waals surface area contributed by atoms with E-state index in [-0.39, 0.29) is 37.4 Å². The zero-order chi connectivity index (χ0) is 31.3. The quantitative estimate of drug-likeness (QED) is 0.169. The van der Waals surface area contributed by atoms with Crippen molar-refractivity contribution >= 4 is 46.4 Å². The molecular weight excluding hydrogens is 577 g/mol. The maximum absolute atomic E-state index is 16.5. The van der Waals surface area contributed by atoms with Crippen molar-refractivity contribution in [3.05, 3.63) is 77.9 Å². The minimum absolute atomic E-state index is 0. The predicted octanol–water partition coefficient (Wildman–Crippen LogP) is 4.68. The molecule has 2 aliphatic rings. The molecule has 0 unspecified atom stereocenters. The van der Waals surface area contributed by atoms with E-state index in [1.807, 2.05) is 30.3 Å². The van der Waals surface area contributed by atoms with Crippen molar-refractivity contribution in [2.24, 2.45) is 15.9 Å². The second-order valence-electron chi connectivity index (χ2n) is 10.5. The van der Waals surface area contributed by atoms with Crippen LogP contribution in [0.2, 0.25) is 0 Å². The van der Waals surface area contributed by atoms with Gasteiger partial charge < -0.3 is 25.2 Å². The summed E-state index contributed by atoms with van der Waals surface area (Å²) in [7, 11) is 1.58. The summed E-state index contributed by atoms with van der Waals surface area (Å²) < 4.78 is 27.8. The standard InChI is InChI=1S/C33H32FN7O4.H2/c1-44-28-9-3-2-7-22(28)24-18-23(21-6-5-15-40(20-21)29(42)10-12-36-13-14-38-35)30(34)31-25(24)19-26(39-31)33(43)41-16-17-45-32-27(41)8-4-11-37-32;/h2-4,6-9,11,13-14,18-19,39H,5,10,12,15-17,20,35H2,1H3;1H/b36-13?,38-14-;. The fourth-order valence-electron chi connectivity index (χ4n) is 5.74. The number of rotatable bonds is 8. The lowest BCUT2D eigenvalue weighted by atomic mass is 9.93. The molecule has 4 heterocycles. The molecule has 2 aromatic carbocycles. The monoisotopic (exact) mass is 611 g/mol. The molecule has 0 radical (unpaired) electrons. The average molecular weight is 612 g/mol. The molecule has 2 aliphatic heterocycles. The molecule has 232 valence electrons. The second kappa shape index (κ2) is 13.0. The smallest absolute Gasteiger partial charge is 0.274 e. The van der Waals surface area contributed by atoms with Crippen molar-refractivity contribution in [1.82, 2.24) is 14.9 Å². The van der Waals surface area contributed by atoms with E-state index >= 15 is 4.39 Å². The number of nitrogens with zero attached hydrogens (tertiary/aromatic N) is 5. The zero-order valence-electron chi connectivity index (χ0n) is 24.7. The van der Waals surface area contributed by atoms with Crippen molar-refractivity contribution in [3.8, 4) is 22.8 Å². The highest BCUT2D eigenvalue weighted by atomic mass is 19.1. The van der Waals surface area contributed by atoms with Crippen LogP contribution in [0, 0.1) is 5.82 Å². The van der Waals surface area contributed by atoms with E-state index < -0.39 is 5.82 Å². The van der Waals surface area contributed by atoms with Crippen molar-refractivity contribution in [3.63, 3.8) is 0 Å². The molecule has 0 saturated carbocycles. The number of hydrogen-bond donors (Lipinski definition) is 2. The first kappa shape index (κ1) is 29.5. The number of anilines is 1. The number of carbonyl (C=O) groups excluding carboxylic acids is 2. The number of benzene rings is 2. The van der Waals surface area contributed by atoms with Crippen LogP contribution in [-0.4, -0.2) is 79.0 Å². The fourth-order valence-corrected chi connectivity index (χ4v) is 5.74. The summed E-state index contributed by atoms with van der Waals surface area (Å²) in [5.74, 6) is 5.13. The Bertz CT molecular complexity index is 1850. The van der Waals surface area contributed by atoms with Gasteiger partial charge in [-0.3, -0.25) is 19.5 Å². The number of pyridine rings is 1. The van der Waals surface area contributed by atoms with Gasteiger partial charge in [0.15, 0.2) is 5.82 Å². The van der Waals surface area contributed by atoms with Crippen LogP contribution in [0.15, 0.2) is 70.9 Å². The Morgan fingerprint density at radius 2 is 2.02 bits per heavy atom. The Morgan fingerprint density at radius 1 is 1.16 bits per heavy atom. The minimum Gasteiger partial charge on any atom is -0.496 e. The lowest BCUT2D eigenvalue weighted by molar-refractivity contribution is -0.130. The van der Waals surface area contributed by atoms with Gasteiger partial charge in [-0.2, -0.15) is 5.10 Å². The van der Waals surface area contributed by atoms with E-state index in [4.69, 9.17) is 15.3 Å². The first-order valence-electron chi connectivity index (χ1n) is 14.6.